The molecule has 6 nitrogen and oxygen atoms in total. The van der Waals surface area contributed by atoms with Crippen molar-refractivity contribution in [3.8, 4) is 29.6 Å². The molecule has 0 aliphatic heterocycles. The second-order valence-electron chi connectivity index (χ2n) is 5.18. The first-order chi connectivity index (χ1) is 13.4. The van der Waals surface area contributed by atoms with E-state index in [1.165, 1.54) is 19.4 Å². The molecule has 0 saturated heterocycles. The minimum absolute atomic E-state index is 0.107. The van der Waals surface area contributed by atoms with Crippen molar-refractivity contribution in [2.45, 2.75) is 0 Å². The van der Waals surface area contributed by atoms with Gasteiger partial charge in [-0.1, -0.05) is 29.1 Å². The predicted octanol–water partition coefficient (Wildman–Crippen LogP) is 4.31. The summed E-state index contributed by atoms with van der Waals surface area (Å²) in [6, 6.07) is 8.15. The van der Waals surface area contributed by atoms with Crippen LogP contribution in [0.4, 0.5) is 0 Å². The summed E-state index contributed by atoms with van der Waals surface area (Å²) in [5, 5.41) is 4.68. The molecule has 0 heterocycles. The molecular weight excluding hydrogens is 471 g/mol. The van der Waals surface area contributed by atoms with Gasteiger partial charge in [-0.3, -0.25) is 4.79 Å². The lowest BCUT2D eigenvalue weighted by Crippen LogP contribution is -2.24. The zero-order valence-corrected chi connectivity index (χ0v) is 17.8. The molecule has 0 aliphatic carbocycles. The summed E-state index contributed by atoms with van der Waals surface area (Å²) < 4.78 is 16.7. The van der Waals surface area contributed by atoms with Gasteiger partial charge < -0.3 is 14.2 Å². The molecule has 0 atom stereocenters. The summed E-state index contributed by atoms with van der Waals surface area (Å²) in [5.41, 5.74) is 3.03. The van der Waals surface area contributed by atoms with Crippen LogP contribution in [0.5, 0.6) is 17.2 Å². The van der Waals surface area contributed by atoms with Crippen molar-refractivity contribution in [2.24, 2.45) is 5.10 Å². The molecule has 0 fully saturated rings. The number of rotatable bonds is 8. The van der Waals surface area contributed by atoms with Gasteiger partial charge in [0.05, 0.1) is 22.8 Å². The first kappa shape index (κ1) is 21.9. The topological polar surface area (TPSA) is 69.2 Å². The molecule has 0 unspecified atom stereocenters. The van der Waals surface area contributed by atoms with Crippen molar-refractivity contribution < 1.29 is 19.0 Å². The van der Waals surface area contributed by atoms with Crippen molar-refractivity contribution in [1.82, 2.24) is 5.43 Å². The number of nitrogens with one attached hydrogen (secondary N) is 1. The van der Waals surface area contributed by atoms with Gasteiger partial charge in [0.2, 0.25) is 0 Å². The van der Waals surface area contributed by atoms with Crippen LogP contribution in [-0.4, -0.2) is 32.4 Å². The Morgan fingerprint density at radius 2 is 2.07 bits per heavy atom. The number of benzene rings is 2. The van der Waals surface area contributed by atoms with Crippen LogP contribution in [0.3, 0.4) is 0 Å². The van der Waals surface area contributed by atoms with E-state index in [4.69, 9.17) is 43.8 Å². The van der Waals surface area contributed by atoms with Crippen molar-refractivity contribution in [1.29, 1.82) is 0 Å². The average molecular weight is 486 g/mol. The maximum atomic E-state index is 11.9. The number of terminal acetylenes is 1. The van der Waals surface area contributed by atoms with E-state index in [-0.39, 0.29) is 13.2 Å². The van der Waals surface area contributed by atoms with Gasteiger partial charge in [-0.05, 0) is 51.8 Å². The van der Waals surface area contributed by atoms with Gasteiger partial charge >= 0.3 is 0 Å². The minimum Gasteiger partial charge on any atom is -0.493 e. The molecule has 2 aromatic carbocycles. The van der Waals surface area contributed by atoms with Crippen LogP contribution in [0.1, 0.15) is 5.56 Å². The predicted molar refractivity (Wildman–Crippen MR) is 113 cm³/mol. The molecule has 28 heavy (non-hydrogen) atoms. The number of carbonyl (C=O) groups excluding carboxylic acids is 1. The van der Waals surface area contributed by atoms with Gasteiger partial charge in [-0.15, -0.1) is 6.42 Å². The fourth-order valence-electron chi connectivity index (χ4n) is 2.01. The SMILES string of the molecule is C#CCOc1c(Br)cc(C=NNC(=O)COc2ccc(Cl)cc2Cl)cc1OC. The summed E-state index contributed by atoms with van der Waals surface area (Å²) in [6.45, 7) is -0.152. The van der Waals surface area contributed by atoms with Crippen molar-refractivity contribution in [3.05, 3.63) is 50.4 Å². The van der Waals surface area contributed by atoms with E-state index < -0.39 is 5.91 Å². The van der Waals surface area contributed by atoms with Gasteiger partial charge in [-0.25, -0.2) is 5.43 Å². The lowest BCUT2D eigenvalue weighted by Gasteiger charge is -2.11. The quantitative estimate of drug-likeness (QED) is 0.343. The Bertz CT molecular complexity index is 929. The van der Waals surface area contributed by atoms with Gasteiger partial charge in [0.15, 0.2) is 18.1 Å². The lowest BCUT2D eigenvalue weighted by molar-refractivity contribution is -0.123. The number of ether oxygens (including phenoxy) is 3. The summed E-state index contributed by atoms with van der Waals surface area (Å²) in [5.74, 6) is 3.23. The third-order valence-corrected chi connectivity index (χ3v) is 4.33. The molecule has 1 N–H and O–H groups in total. The summed E-state index contributed by atoms with van der Waals surface area (Å²) in [6.07, 6.45) is 6.65. The van der Waals surface area contributed by atoms with Crippen LogP contribution in [0, 0.1) is 12.3 Å². The number of nitrogens with zero attached hydrogens (tertiary/aromatic N) is 1. The van der Waals surface area contributed by atoms with Gasteiger partial charge in [0, 0.05) is 5.02 Å². The zero-order chi connectivity index (χ0) is 20.5. The van der Waals surface area contributed by atoms with Crippen LogP contribution in [0.25, 0.3) is 0 Å². The summed E-state index contributed by atoms with van der Waals surface area (Å²) in [4.78, 5) is 11.9. The maximum Gasteiger partial charge on any atom is 0.277 e. The minimum atomic E-state index is -0.456. The van der Waals surface area contributed by atoms with Gasteiger partial charge in [0.1, 0.15) is 12.4 Å². The third kappa shape index (κ3) is 6.34. The Balaban J connectivity index is 1.95. The molecule has 2 rings (SSSR count). The third-order valence-electron chi connectivity index (χ3n) is 3.21. The largest absolute Gasteiger partial charge is 0.493 e. The molecule has 9 heteroatoms. The Morgan fingerprint density at radius 1 is 1.29 bits per heavy atom. The first-order valence-electron chi connectivity index (χ1n) is 7.78. The Morgan fingerprint density at radius 3 is 2.75 bits per heavy atom. The van der Waals surface area contributed by atoms with E-state index >= 15 is 0 Å². The van der Waals surface area contributed by atoms with Gasteiger partial charge in [-0.2, -0.15) is 5.10 Å². The van der Waals surface area contributed by atoms with E-state index in [0.717, 1.165) is 0 Å². The highest BCUT2D eigenvalue weighted by molar-refractivity contribution is 9.10. The molecule has 0 aromatic heterocycles. The van der Waals surface area contributed by atoms with E-state index in [2.05, 4.69) is 32.4 Å². The van der Waals surface area contributed by atoms with Crippen molar-refractivity contribution >= 4 is 51.3 Å². The Hall–Kier alpha value is -2.40. The maximum absolute atomic E-state index is 11.9. The molecular formula is C19H15BrCl2N2O4. The Kier molecular flexibility index (Phi) is 8.45. The second-order valence-corrected chi connectivity index (χ2v) is 6.88. The molecule has 2 aromatic rings. The monoisotopic (exact) mass is 484 g/mol. The number of carbonyl (C=O) groups is 1. The standard InChI is InChI=1S/C19H15BrCl2N2O4/c1-3-6-27-19-14(20)7-12(8-17(19)26-2)10-23-24-18(25)11-28-16-5-4-13(21)9-15(16)22/h1,4-5,7-10H,6,11H2,2H3,(H,24,25). The van der Waals surface area contributed by atoms with Crippen LogP contribution in [0.15, 0.2) is 39.9 Å². The fraction of sp³-hybridized carbons (Fsp3) is 0.158. The van der Waals surface area contributed by atoms with E-state index in [9.17, 15) is 4.79 Å². The normalized spacial score (nSPS) is 10.4. The lowest BCUT2D eigenvalue weighted by atomic mass is 10.2. The second kappa shape index (κ2) is 10.8. The number of hydrazone groups is 1. The molecule has 0 radical (unpaired) electrons. The molecule has 0 saturated carbocycles. The van der Waals surface area contributed by atoms with Crippen LogP contribution in [-0.2, 0) is 4.79 Å². The van der Waals surface area contributed by atoms with Crippen LogP contribution >= 0.6 is 39.1 Å². The number of halogens is 3. The highest BCUT2D eigenvalue weighted by Crippen LogP contribution is 2.36. The van der Waals surface area contributed by atoms with E-state index in [1.54, 1.807) is 24.3 Å². The van der Waals surface area contributed by atoms with E-state index in [0.29, 0.717) is 37.3 Å². The molecule has 146 valence electrons. The zero-order valence-electron chi connectivity index (χ0n) is 14.7. The first-order valence-corrected chi connectivity index (χ1v) is 9.33. The Labute approximate surface area is 180 Å². The van der Waals surface area contributed by atoms with E-state index in [1.807, 2.05) is 0 Å². The van der Waals surface area contributed by atoms with Crippen LogP contribution < -0.4 is 19.6 Å². The number of amides is 1. The van der Waals surface area contributed by atoms with Crippen molar-refractivity contribution in [2.75, 3.05) is 20.3 Å². The summed E-state index contributed by atoms with van der Waals surface area (Å²) in [7, 11) is 1.51. The number of hydrogen-bond donors (Lipinski definition) is 1. The van der Waals surface area contributed by atoms with Crippen LogP contribution in [0.2, 0.25) is 10.0 Å². The van der Waals surface area contributed by atoms with Gasteiger partial charge in [0.25, 0.3) is 5.91 Å². The fourth-order valence-corrected chi connectivity index (χ4v) is 3.05. The number of methoxy groups -OCH3 is 1. The number of hydrogen-bond acceptors (Lipinski definition) is 5. The summed E-state index contributed by atoms with van der Waals surface area (Å²) >= 11 is 15.2. The molecule has 1 amide bonds. The smallest absolute Gasteiger partial charge is 0.277 e. The van der Waals surface area contributed by atoms with Crippen molar-refractivity contribution in [3.63, 3.8) is 0 Å². The highest BCUT2D eigenvalue weighted by Gasteiger charge is 2.11. The molecule has 0 bridgehead atoms. The average Bonchev–Trinajstić information content (AvgIpc) is 2.66. The molecule has 0 spiro atoms. The highest BCUT2D eigenvalue weighted by atomic mass is 79.9. The molecule has 0 aliphatic rings.